The van der Waals surface area contributed by atoms with Gasteiger partial charge in [0, 0.05) is 18.3 Å². The van der Waals surface area contributed by atoms with Crippen LogP contribution in [0, 0.1) is 0 Å². The van der Waals surface area contributed by atoms with Gasteiger partial charge >= 0.3 is 0 Å². The molecule has 0 unspecified atom stereocenters. The third kappa shape index (κ3) is 2.49. The van der Waals surface area contributed by atoms with Crippen molar-refractivity contribution in [1.82, 2.24) is 5.32 Å². The molecule has 1 amide bonds. The summed E-state index contributed by atoms with van der Waals surface area (Å²) in [5.41, 5.74) is 1.66. The van der Waals surface area contributed by atoms with Crippen LogP contribution in [0.25, 0.3) is 0 Å². The Morgan fingerprint density at radius 1 is 1.40 bits per heavy atom. The van der Waals surface area contributed by atoms with Crippen LogP contribution in [0.2, 0.25) is 0 Å². The Kier molecular flexibility index (Phi) is 2.90. The Balaban J connectivity index is 2.13. The topological polar surface area (TPSA) is 41.1 Å². The zero-order valence-corrected chi connectivity index (χ0v) is 8.92. The van der Waals surface area contributed by atoms with Crippen molar-refractivity contribution in [3.05, 3.63) is 29.8 Å². The van der Waals surface area contributed by atoms with Gasteiger partial charge in [-0.3, -0.25) is 4.79 Å². The zero-order chi connectivity index (χ0) is 10.7. The number of para-hydroxylation sites is 1. The summed E-state index contributed by atoms with van der Waals surface area (Å²) < 4.78 is 0. The van der Waals surface area contributed by atoms with Gasteiger partial charge in [0.05, 0.1) is 5.56 Å². The highest BCUT2D eigenvalue weighted by Gasteiger charge is 2.24. The largest absolute Gasteiger partial charge is 0.385 e. The first-order valence-electron chi connectivity index (χ1n) is 5.45. The molecule has 3 heteroatoms. The quantitative estimate of drug-likeness (QED) is 0.787. The predicted octanol–water partition coefficient (Wildman–Crippen LogP) is 2.01. The first-order chi connectivity index (χ1) is 7.31. The number of anilines is 1. The third-order valence-electron chi connectivity index (χ3n) is 2.45. The van der Waals surface area contributed by atoms with Crippen molar-refractivity contribution in [2.45, 2.75) is 25.8 Å². The van der Waals surface area contributed by atoms with Gasteiger partial charge in [-0.2, -0.15) is 0 Å². The Morgan fingerprint density at radius 3 is 2.80 bits per heavy atom. The normalized spacial score (nSPS) is 14.7. The van der Waals surface area contributed by atoms with Crippen molar-refractivity contribution in [3.63, 3.8) is 0 Å². The number of benzene rings is 1. The predicted molar refractivity (Wildman–Crippen MR) is 61.1 cm³/mol. The second-order valence-electron chi connectivity index (χ2n) is 3.82. The molecule has 1 fully saturated rings. The molecule has 2 rings (SSSR count). The molecule has 0 aromatic heterocycles. The van der Waals surface area contributed by atoms with E-state index in [9.17, 15) is 4.79 Å². The molecule has 0 bridgehead atoms. The lowest BCUT2D eigenvalue weighted by Gasteiger charge is -2.10. The average molecular weight is 204 g/mol. The van der Waals surface area contributed by atoms with Crippen LogP contribution in [-0.4, -0.2) is 18.5 Å². The van der Waals surface area contributed by atoms with Gasteiger partial charge in [0.25, 0.3) is 5.91 Å². The van der Waals surface area contributed by atoms with Crippen LogP contribution in [0.1, 0.15) is 30.1 Å². The molecule has 3 nitrogen and oxygen atoms in total. The first kappa shape index (κ1) is 10.0. The van der Waals surface area contributed by atoms with Crippen LogP contribution in [0.4, 0.5) is 5.69 Å². The van der Waals surface area contributed by atoms with Crippen molar-refractivity contribution in [2.75, 3.05) is 11.9 Å². The molecule has 2 N–H and O–H groups in total. The van der Waals surface area contributed by atoms with Gasteiger partial charge in [-0.1, -0.05) is 12.1 Å². The fourth-order valence-corrected chi connectivity index (χ4v) is 1.52. The van der Waals surface area contributed by atoms with Crippen LogP contribution in [-0.2, 0) is 0 Å². The van der Waals surface area contributed by atoms with E-state index in [1.165, 1.54) is 0 Å². The molecular formula is C12H16N2O. The minimum Gasteiger partial charge on any atom is -0.385 e. The summed E-state index contributed by atoms with van der Waals surface area (Å²) in [6, 6.07) is 8.03. The number of rotatable bonds is 4. The van der Waals surface area contributed by atoms with Crippen molar-refractivity contribution in [1.29, 1.82) is 0 Å². The summed E-state index contributed by atoms with van der Waals surface area (Å²) in [6.07, 6.45) is 2.24. The maximum atomic E-state index is 11.8. The van der Waals surface area contributed by atoms with Gasteiger partial charge < -0.3 is 10.6 Å². The second-order valence-corrected chi connectivity index (χ2v) is 3.82. The van der Waals surface area contributed by atoms with Gasteiger partial charge in [0.2, 0.25) is 0 Å². The highest BCUT2D eigenvalue weighted by Crippen LogP contribution is 2.21. The van der Waals surface area contributed by atoms with Gasteiger partial charge in [-0.15, -0.1) is 0 Å². The van der Waals surface area contributed by atoms with Crippen LogP contribution < -0.4 is 10.6 Å². The molecular weight excluding hydrogens is 188 g/mol. The molecule has 0 atom stereocenters. The first-order valence-corrected chi connectivity index (χ1v) is 5.45. The molecule has 0 heterocycles. The second kappa shape index (κ2) is 4.34. The summed E-state index contributed by atoms with van der Waals surface area (Å²) in [4.78, 5) is 11.8. The van der Waals surface area contributed by atoms with E-state index >= 15 is 0 Å². The van der Waals surface area contributed by atoms with E-state index < -0.39 is 0 Å². The van der Waals surface area contributed by atoms with Gasteiger partial charge in [-0.05, 0) is 31.9 Å². The SMILES string of the molecule is CCNc1ccccc1C(=O)NC1CC1. The number of hydrogen-bond donors (Lipinski definition) is 2. The summed E-state index contributed by atoms with van der Waals surface area (Å²) in [7, 11) is 0. The fraction of sp³-hybridized carbons (Fsp3) is 0.417. The number of hydrogen-bond acceptors (Lipinski definition) is 2. The van der Waals surface area contributed by atoms with Crippen LogP contribution in [0.3, 0.4) is 0 Å². The number of carbonyl (C=O) groups excluding carboxylic acids is 1. The lowest BCUT2D eigenvalue weighted by Crippen LogP contribution is -2.26. The molecule has 1 aromatic rings. The lowest BCUT2D eigenvalue weighted by atomic mass is 10.1. The fourth-order valence-electron chi connectivity index (χ4n) is 1.52. The monoisotopic (exact) mass is 204 g/mol. The molecule has 0 aliphatic heterocycles. The maximum Gasteiger partial charge on any atom is 0.253 e. The van der Waals surface area contributed by atoms with Crippen molar-refractivity contribution in [2.24, 2.45) is 0 Å². The molecule has 1 aromatic carbocycles. The van der Waals surface area contributed by atoms with Crippen LogP contribution in [0.5, 0.6) is 0 Å². The molecule has 15 heavy (non-hydrogen) atoms. The number of nitrogens with one attached hydrogen (secondary N) is 2. The van der Waals surface area contributed by atoms with Crippen LogP contribution >= 0.6 is 0 Å². The van der Waals surface area contributed by atoms with Crippen molar-refractivity contribution < 1.29 is 4.79 Å². The Labute approximate surface area is 89.9 Å². The summed E-state index contributed by atoms with van der Waals surface area (Å²) in [5.74, 6) is 0.0362. The van der Waals surface area contributed by atoms with E-state index in [0.717, 1.165) is 30.6 Å². The van der Waals surface area contributed by atoms with E-state index in [2.05, 4.69) is 10.6 Å². The maximum absolute atomic E-state index is 11.8. The Morgan fingerprint density at radius 2 is 2.13 bits per heavy atom. The minimum absolute atomic E-state index is 0.0362. The standard InChI is InChI=1S/C12H16N2O/c1-2-13-11-6-4-3-5-10(11)12(15)14-9-7-8-9/h3-6,9,13H,2,7-8H2,1H3,(H,14,15). The molecule has 1 aliphatic carbocycles. The third-order valence-corrected chi connectivity index (χ3v) is 2.45. The minimum atomic E-state index is 0.0362. The summed E-state index contributed by atoms with van der Waals surface area (Å²) >= 11 is 0. The lowest BCUT2D eigenvalue weighted by molar-refractivity contribution is 0.0952. The zero-order valence-electron chi connectivity index (χ0n) is 8.92. The number of amides is 1. The molecule has 0 saturated heterocycles. The van der Waals surface area contributed by atoms with Gasteiger partial charge in [-0.25, -0.2) is 0 Å². The van der Waals surface area contributed by atoms with Gasteiger partial charge in [0.15, 0.2) is 0 Å². The average Bonchev–Trinajstić information content (AvgIpc) is 3.03. The van der Waals surface area contributed by atoms with E-state index in [0.29, 0.717) is 6.04 Å². The Bertz CT molecular complexity index is 358. The molecule has 0 radical (unpaired) electrons. The van der Waals surface area contributed by atoms with Crippen molar-refractivity contribution in [3.8, 4) is 0 Å². The van der Waals surface area contributed by atoms with E-state index in [1.54, 1.807) is 0 Å². The molecule has 1 saturated carbocycles. The highest BCUT2D eigenvalue weighted by molar-refractivity contribution is 5.99. The van der Waals surface area contributed by atoms with Crippen molar-refractivity contribution >= 4 is 11.6 Å². The number of carbonyl (C=O) groups is 1. The molecule has 0 spiro atoms. The highest BCUT2D eigenvalue weighted by atomic mass is 16.1. The molecule has 1 aliphatic rings. The molecule has 80 valence electrons. The Hall–Kier alpha value is -1.51. The van der Waals surface area contributed by atoms with E-state index in [-0.39, 0.29) is 5.91 Å². The van der Waals surface area contributed by atoms with Gasteiger partial charge in [0.1, 0.15) is 0 Å². The summed E-state index contributed by atoms with van der Waals surface area (Å²) in [6.45, 7) is 2.85. The summed E-state index contributed by atoms with van der Waals surface area (Å²) in [5, 5.41) is 6.18. The smallest absolute Gasteiger partial charge is 0.253 e. The van der Waals surface area contributed by atoms with Crippen LogP contribution in [0.15, 0.2) is 24.3 Å². The van der Waals surface area contributed by atoms with E-state index in [1.807, 2.05) is 31.2 Å². The van der Waals surface area contributed by atoms with E-state index in [4.69, 9.17) is 0 Å².